The van der Waals surface area contributed by atoms with E-state index in [0.717, 1.165) is 42.7 Å². The SMILES string of the molecule is Cc1nsc(N2C3CCC2CC(N2CCC4(CCN(C(=O)N(C)C)c5ccccc54)CC2)C3)n1. The number of anilines is 2. The standard InChI is InChI=1S/C26H36N6OS/c1-18-27-24(34-28-18)32-19-8-9-20(32)17-21(16-19)30-13-10-26(11-14-30)12-15-31(25(33)29(2)3)23-7-5-4-6-22(23)26/h4-7,19-21H,8-17H2,1-3H3. The predicted molar refractivity (Wildman–Crippen MR) is 137 cm³/mol. The van der Waals surface area contributed by atoms with Gasteiger partial charge in [0.2, 0.25) is 5.13 Å². The van der Waals surface area contributed by atoms with E-state index in [9.17, 15) is 4.79 Å². The van der Waals surface area contributed by atoms with Gasteiger partial charge in [0.05, 0.1) is 0 Å². The lowest BCUT2D eigenvalue weighted by atomic mass is 9.67. The van der Waals surface area contributed by atoms with Gasteiger partial charge in [0.15, 0.2) is 0 Å². The van der Waals surface area contributed by atoms with Gasteiger partial charge in [-0.05, 0) is 76.6 Å². The molecule has 2 atom stereocenters. The van der Waals surface area contributed by atoms with Crippen molar-refractivity contribution in [2.24, 2.45) is 0 Å². The van der Waals surface area contributed by atoms with E-state index in [4.69, 9.17) is 4.98 Å². The Morgan fingerprint density at radius 3 is 2.35 bits per heavy atom. The molecule has 2 bridgehead atoms. The smallest absolute Gasteiger partial charge is 0.323 e. The van der Waals surface area contributed by atoms with Gasteiger partial charge in [-0.1, -0.05) is 18.2 Å². The summed E-state index contributed by atoms with van der Waals surface area (Å²) in [5, 5.41) is 1.14. The van der Waals surface area contributed by atoms with Crippen LogP contribution in [0.15, 0.2) is 24.3 Å². The number of fused-ring (bicyclic) bond motifs is 4. The zero-order chi connectivity index (χ0) is 23.4. The molecule has 3 saturated heterocycles. The quantitative estimate of drug-likeness (QED) is 0.643. The number of aryl methyl sites for hydroxylation is 1. The van der Waals surface area contributed by atoms with Crippen LogP contribution < -0.4 is 9.80 Å². The molecule has 4 aliphatic rings. The summed E-state index contributed by atoms with van der Waals surface area (Å²) in [6.07, 6.45) is 8.55. The summed E-state index contributed by atoms with van der Waals surface area (Å²) in [5.74, 6) is 0.904. The van der Waals surface area contributed by atoms with Crippen LogP contribution in [0, 0.1) is 6.92 Å². The monoisotopic (exact) mass is 480 g/mol. The third kappa shape index (κ3) is 3.61. The minimum atomic E-state index is 0.0904. The van der Waals surface area contributed by atoms with Crippen molar-refractivity contribution in [3.8, 4) is 0 Å². The van der Waals surface area contributed by atoms with Crippen LogP contribution in [0.25, 0.3) is 0 Å². The lowest BCUT2D eigenvalue weighted by molar-refractivity contribution is 0.0863. The van der Waals surface area contributed by atoms with E-state index >= 15 is 0 Å². The molecule has 4 aliphatic heterocycles. The van der Waals surface area contributed by atoms with Gasteiger partial charge in [-0.3, -0.25) is 4.90 Å². The van der Waals surface area contributed by atoms with Crippen molar-refractivity contribution in [3.63, 3.8) is 0 Å². The van der Waals surface area contributed by atoms with Gasteiger partial charge in [-0.25, -0.2) is 9.78 Å². The van der Waals surface area contributed by atoms with Gasteiger partial charge in [0, 0.05) is 61.4 Å². The fourth-order valence-electron chi connectivity index (χ4n) is 7.16. The zero-order valence-electron chi connectivity index (χ0n) is 20.6. The molecule has 6 rings (SSSR count). The highest BCUT2D eigenvalue weighted by Gasteiger charge is 2.47. The molecular weight excluding hydrogens is 444 g/mol. The highest BCUT2D eigenvalue weighted by molar-refractivity contribution is 7.09. The number of urea groups is 1. The van der Waals surface area contributed by atoms with Crippen LogP contribution in [0.2, 0.25) is 0 Å². The fraction of sp³-hybridized carbons (Fsp3) is 0.654. The Balaban J connectivity index is 1.16. The van der Waals surface area contributed by atoms with E-state index in [0.29, 0.717) is 18.1 Å². The maximum absolute atomic E-state index is 12.8. The summed E-state index contributed by atoms with van der Waals surface area (Å²) in [6.45, 7) is 5.14. The van der Waals surface area contributed by atoms with E-state index < -0.39 is 0 Å². The van der Waals surface area contributed by atoms with E-state index in [-0.39, 0.29) is 11.4 Å². The minimum Gasteiger partial charge on any atom is -0.341 e. The van der Waals surface area contributed by atoms with Crippen LogP contribution >= 0.6 is 11.5 Å². The molecule has 5 heterocycles. The fourth-order valence-corrected chi connectivity index (χ4v) is 7.98. The van der Waals surface area contributed by atoms with Gasteiger partial charge in [0.1, 0.15) is 5.82 Å². The molecule has 1 spiro atoms. The molecule has 1 aromatic heterocycles. The third-order valence-electron chi connectivity index (χ3n) is 8.91. The maximum Gasteiger partial charge on any atom is 0.323 e. The van der Waals surface area contributed by atoms with Gasteiger partial charge in [-0.15, -0.1) is 0 Å². The number of amides is 2. The van der Waals surface area contributed by atoms with Crippen molar-refractivity contribution in [1.82, 2.24) is 19.2 Å². The number of carbonyl (C=O) groups is 1. The second-order valence-electron chi connectivity index (χ2n) is 11.0. The molecule has 2 amide bonds. The number of likely N-dealkylation sites (tertiary alicyclic amines) is 1. The maximum atomic E-state index is 12.8. The number of hydrogen-bond donors (Lipinski definition) is 0. The third-order valence-corrected chi connectivity index (χ3v) is 9.73. The molecule has 0 N–H and O–H groups in total. The molecule has 182 valence electrons. The van der Waals surface area contributed by atoms with E-state index in [1.807, 2.05) is 25.9 Å². The number of aromatic nitrogens is 2. The van der Waals surface area contributed by atoms with Gasteiger partial charge in [-0.2, -0.15) is 4.37 Å². The van der Waals surface area contributed by atoms with Crippen molar-refractivity contribution in [1.29, 1.82) is 0 Å². The summed E-state index contributed by atoms with van der Waals surface area (Å²) >= 11 is 1.57. The first kappa shape index (κ1) is 22.3. The van der Waals surface area contributed by atoms with Crippen molar-refractivity contribution in [2.45, 2.75) is 75.4 Å². The molecule has 7 nitrogen and oxygen atoms in total. The molecule has 8 heteroatoms. The highest BCUT2D eigenvalue weighted by atomic mass is 32.1. The van der Waals surface area contributed by atoms with Crippen LogP contribution in [0.4, 0.5) is 15.6 Å². The van der Waals surface area contributed by atoms with Crippen LogP contribution in [0.3, 0.4) is 0 Å². The van der Waals surface area contributed by atoms with Crippen molar-refractivity contribution in [3.05, 3.63) is 35.7 Å². The largest absolute Gasteiger partial charge is 0.341 e. The van der Waals surface area contributed by atoms with Crippen LogP contribution in [-0.2, 0) is 5.41 Å². The van der Waals surface area contributed by atoms with Crippen molar-refractivity contribution >= 4 is 28.4 Å². The summed E-state index contributed by atoms with van der Waals surface area (Å²) in [6, 6.07) is 10.7. The second kappa shape index (κ2) is 8.48. The number of rotatable bonds is 2. The predicted octanol–water partition coefficient (Wildman–Crippen LogP) is 4.27. The Morgan fingerprint density at radius 1 is 1.03 bits per heavy atom. The summed E-state index contributed by atoms with van der Waals surface area (Å²) in [5.41, 5.74) is 2.72. The lowest BCUT2D eigenvalue weighted by Crippen LogP contribution is -2.55. The van der Waals surface area contributed by atoms with E-state index in [2.05, 4.69) is 38.4 Å². The molecule has 3 fully saturated rings. The number of hydrogen-bond acceptors (Lipinski definition) is 6. The molecular formula is C26H36N6OS. The van der Waals surface area contributed by atoms with Crippen LogP contribution in [0.1, 0.15) is 56.3 Å². The molecule has 1 aromatic carbocycles. The Morgan fingerprint density at radius 2 is 1.71 bits per heavy atom. The van der Waals surface area contributed by atoms with Gasteiger partial charge in [0.25, 0.3) is 0 Å². The summed E-state index contributed by atoms with van der Waals surface area (Å²) in [7, 11) is 3.69. The second-order valence-corrected chi connectivity index (χ2v) is 11.7. The summed E-state index contributed by atoms with van der Waals surface area (Å²) < 4.78 is 4.44. The van der Waals surface area contributed by atoms with E-state index in [1.165, 1.54) is 44.1 Å². The van der Waals surface area contributed by atoms with Crippen LogP contribution in [-0.4, -0.2) is 77.0 Å². The Hall–Kier alpha value is -2.19. The topological polar surface area (TPSA) is 55.8 Å². The Bertz CT molecular complexity index is 1050. The number of carbonyl (C=O) groups excluding carboxylic acids is 1. The van der Waals surface area contributed by atoms with E-state index in [1.54, 1.807) is 16.4 Å². The Labute approximate surface area is 206 Å². The highest BCUT2D eigenvalue weighted by Crippen LogP contribution is 2.48. The first-order chi connectivity index (χ1) is 16.4. The summed E-state index contributed by atoms with van der Waals surface area (Å²) in [4.78, 5) is 26.6. The molecule has 2 unspecified atom stereocenters. The van der Waals surface area contributed by atoms with Crippen LogP contribution in [0.5, 0.6) is 0 Å². The molecule has 34 heavy (non-hydrogen) atoms. The van der Waals surface area contributed by atoms with Crippen molar-refractivity contribution in [2.75, 3.05) is 43.5 Å². The normalized spacial score (nSPS) is 28.3. The molecule has 0 radical (unpaired) electrons. The number of piperidine rings is 2. The van der Waals surface area contributed by atoms with Gasteiger partial charge >= 0.3 is 6.03 Å². The number of benzene rings is 1. The number of para-hydroxylation sites is 1. The first-order valence-corrected chi connectivity index (χ1v) is 13.6. The molecule has 2 aromatic rings. The zero-order valence-corrected chi connectivity index (χ0v) is 21.4. The van der Waals surface area contributed by atoms with Crippen molar-refractivity contribution < 1.29 is 4.79 Å². The first-order valence-electron chi connectivity index (χ1n) is 12.9. The molecule has 0 saturated carbocycles. The van der Waals surface area contributed by atoms with Gasteiger partial charge < -0.3 is 14.7 Å². The minimum absolute atomic E-state index is 0.0904. The molecule has 0 aliphatic carbocycles. The average Bonchev–Trinajstić information content (AvgIpc) is 3.38. The lowest BCUT2D eigenvalue weighted by Gasteiger charge is -2.51. The Kier molecular flexibility index (Phi) is 5.56. The number of nitrogens with zero attached hydrogens (tertiary/aromatic N) is 6. The average molecular weight is 481 g/mol.